The van der Waals surface area contributed by atoms with E-state index in [0.717, 1.165) is 17.8 Å². The molecule has 16 heavy (non-hydrogen) atoms. The van der Waals surface area contributed by atoms with Crippen molar-refractivity contribution in [2.45, 2.75) is 38.1 Å². The van der Waals surface area contributed by atoms with Crippen LogP contribution in [0.15, 0.2) is 28.7 Å². The van der Waals surface area contributed by atoms with Crippen molar-refractivity contribution in [1.82, 2.24) is 0 Å². The molecule has 2 atom stereocenters. The van der Waals surface area contributed by atoms with Crippen molar-refractivity contribution in [3.8, 4) is 0 Å². The van der Waals surface area contributed by atoms with E-state index in [1.54, 1.807) is 0 Å². The first-order valence-corrected chi connectivity index (χ1v) is 6.00. The average Bonchev–Trinajstić information content (AvgIpc) is 2.84. The Morgan fingerprint density at radius 3 is 2.88 bits per heavy atom. The van der Waals surface area contributed by atoms with E-state index in [1.807, 2.05) is 0 Å². The monoisotopic (exact) mass is 215 g/mol. The van der Waals surface area contributed by atoms with Crippen molar-refractivity contribution >= 4 is 11.0 Å². The van der Waals surface area contributed by atoms with Crippen LogP contribution in [0.4, 0.5) is 0 Å². The Morgan fingerprint density at radius 2 is 2.19 bits per heavy atom. The number of hydrogen-bond donors (Lipinski definition) is 1. The second kappa shape index (κ2) is 3.63. The second-order valence-corrected chi connectivity index (χ2v) is 4.84. The highest BCUT2D eigenvalue weighted by molar-refractivity contribution is 5.81. The molecule has 2 aromatic rings. The van der Waals surface area contributed by atoms with Crippen molar-refractivity contribution in [2.75, 3.05) is 0 Å². The lowest BCUT2D eigenvalue weighted by Gasteiger charge is -2.11. The average molecular weight is 215 g/mol. The summed E-state index contributed by atoms with van der Waals surface area (Å²) < 4.78 is 5.97. The number of hydrogen-bond acceptors (Lipinski definition) is 2. The van der Waals surface area contributed by atoms with Gasteiger partial charge in [0, 0.05) is 17.3 Å². The van der Waals surface area contributed by atoms with Gasteiger partial charge in [0.1, 0.15) is 11.3 Å². The smallest absolute Gasteiger partial charge is 0.137 e. The van der Waals surface area contributed by atoms with Crippen LogP contribution in [0.25, 0.3) is 11.0 Å². The van der Waals surface area contributed by atoms with Crippen LogP contribution in [0.5, 0.6) is 0 Å². The zero-order valence-electron chi connectivity index (χ0n) is 9.57. The van der Waals surface area contributed by atoms with Crippen molar-refractivity contribution < 1.29 is 4.42 Å². The van der Waals surface area contributed by atoms with E-state index in [2.05, 4.69) is 31.2 Å². The van der Waals surface area contributed by atoms with E-state index < -0.39 is 0 Å². The maximum atomic E-state index is 6.11. The lowest BCUT2D eigenvalue weighted by atomic mass is 10.0. The maximum Gasteiger partial charge on any atom is 0.137 e. The molecule has 0 saturated heterocycles. The largest absolute Gasteiger partial charge is 0.460 e. The Hall–Kier alpha value is -1.28. The highest BCUT2D eigenvalue weighted by Crippen LogP contribution is 2.36. The summed E-state index contributed by atoms with van der Waals surface area (Å²) in [5, 5.41) is 1.20. The molecular weight excluding hydrogens is 198 g/mol. The predicted molar refractivity (Wildman–Crippen MR) is 65.5 cm³/mol. The number of benzene rings is 1. The topological polar surface area (TPSA) is 39.2 Å². The summed E-state index contributed by atoms with van der Waals surface area (Å²) >= 11 is 0. The summed E-state index contributed by atoms with van der Waals surface area (Å²) in [6.45, 7) is 2.09. The summed E-state index contributed by atoms with van der Waals surface area (Å²) in [7, 11) is 0. The van der Waals surface area contributed by atoms with E-state index in [-0.39, 0.29) is 6.04 Å². The Bertz CT molecular complexity index is 514. The van der Waals surface area contributed by atoms with Gasteiger partial charge in [-0.2, -0.15) is 0 Å². The molecule has 3 rings (SSSR count). The Balaban J connectivity index is 2.08. The first-order valence-electron chi connectivity index (χ1n) is 6.00. The minimum atomic E-state index is 0.279. The normalized spacial score (nSPS) is 25.4. The summed E-state index contributed by atoms with van der Waals surface area (Å²) in [5.41, 5.74) is 8.34. The Labute approximate surface area is 95.4 Å². The molecule has 1 heterocycles. The SMILES string of the molecule is Cc1cccc2cc(C3CCCC3N)oc12. The highest BCUT2D eigenvalue weighted by atomic mass is 16.3. The molecule has 84 valence electrons. The Morgan fingerprint density at radius 1 is 1.31 bits per heavy atom. The summed E-state index contributed by atoms with van der Waals surface area (Å²) in [4.78, 5) is 0. The van der Waals surface area contributed by atoms with Crippen LogP contribution in [0.2, 0.25) is 0 Å². The van der Waals surface area contributed by atoms with Gasteiger partial charge in [0.2, 0.25) is 0 Å². The number of aryl methyl sites for hydroxylation is 1. The van der Waals surface area contributed by atoms with E-state index in [9.17, 15) is 0 Å². The molecule has 2 nitrogen and oxygen atoms in total. The lowest BCUT2D eigenvalue weighted by Crippen LogP contribution is -2.22. The number of fused-ring (bicyclic) bond motifs is 1. The van der Waals surface area contributed by atoms with Crippen molar-refractivity contribution in [2.24, 2.45) is 5.73 Å². The van der Waals surface area contributed by atoms with Gasteiger partial charge in [0.05, 0.1) is 0 Å². The van der Waals surface area contributed by atoms with Crippen LogP contribution in [0, 0.1) is 6.92 Å². The summed E-state index contributed by atoms with van der Waals surface area (Å²) in [6.07, 6.45) is 3.52. The van der Waals surface area contributed by atoms with Crippen LogP contribution in [0.1, 0.15) is 36.5 Å². The quantitative estimate of drug-likeness (QED) is 0.792. The molecule has 1 saturated carbocycles. The fourth-order valence-corrected chi connectivity index (χ4v) is 2.75. The first kappa shape index (κ1) is 9.91. The number of furan rings is 1. The molecule has 2 N–H and O–H groups in total. The number of rotatable bonds is 1. The molecule has 1 aliphatic carbocycles. The van der Waals surface area contributed by atoms with Crippen LogP contribution in [-0.4, -0.2) is 6.04 Å². The molecule has 1 fully saturated rings. The third kappa shape index (κ3) is 1.45. The van der Waals surface area contributed by atoms with Crippen LogP contribution < -0.4 is 5.73 Å². The van der Waals surface area contributed by atoms with Gasteiger partial charge in [0.15, 0.2) is 0 Å². The fraction of sp³-hybridized carbons (Fsp3) is 0.429. The van der Waals surface area contributed by atoms with Gasteiger partial charge in [0.25, 0.3) is 0 Å². The number of nitrogens with two attached hydrogens (primary N) is 1. The van der Waals surface area contributed by atoms with Gasteiger partial charge in [-0.15, -0.1) is 0 Å². The predicted octanol–water partition coefficient (Wildman–Crippen LogP) is 3.34. The summed E-state index contributed by atoms with van der Waals surface area (Å²) in [5.74, 6) is 1.50. The van der Waals surface area contributed by atoms with Gasteiger partial charge < -0.3 is 10.2 Å². The first-order chi connectivity index (χ1) is 7.75. The minimum Gasteiger partial charge on any atom is -0.460 e. The molecule has 1 aromatic carbocycles. The molecule has 2 heteroatoms. The van der Waals surface area contributed by atoms with E-state index >= 15 is 0 Å². The minimum absolute atomic E-state index is 0.279. The van der Waals surface area contributed by atoms with E-state index in [4.69, 9.17) is 10.2 Å². The van der Waals surface area contributed by atoms with E-state index in [1.165, 1.54) is 23.8 Å². The zero-order valence-corrected chi connectivity index (χ0v) is 9.57. The molecular formula is C14H17NO. The Kier molecular flexibility index (Phi) is 2.25. The van der Waals surface area contributed by atoms with Crippen molar-refractivity contribution in [1.29, 1.82) is 0 Å². The van der Waals surface area contributed by atoms with Gasteiger partial charge >= 0.3 is 0 Å². The number of para-hydroxylation sites is 1. The molecule has 0 aliphatic heterocycles. The van der Waals surface area contributed by atoms with Crippen LogP contribution in [0.3, 0.4) is 0 Å². The molecule has 1 aromatic heterocycles. The van der Waals surface area contributed by atoms with Gasteiger partial charge in [-0.1, -0.05) is 24.6 Å². The summed E-state index contributed by atoms with van der Waals surface area (Å²) in [6, 6.07) is 8.71. The third-order valence-corrected chi connectivity index (χ3v) is 3.69. The standard InChI is InChI=1S/C14H17NO/c1-9-4-2-5-10-8-13(16-14(9)10)11-6-3-7-12(11)15/h2,4-5,8,11-12H,3,6-7,15H2,1H3. The van der Waals surface area contributed by atoms with Gasteiger partial charge in [-0.05, 0) is 31.4 Å². The molecule has 0 radical (unpaired) electrons. The maximum absolute atomic E-state index is 6.11. The third-order valence-electron chi connectivity index (χ3n) is 3.69. The molecule has 1 aliphatic rings. The van der Waals surface area contributed by atoms with Gasteiger partial charge in [-0.3, -0.25) is 0 Å². The molecule has 2 unspecified atom stereocenters. The zero-order chi connectivity index (χ0) is 11.1. The van der Waals surface area contributed by atoms with Gasteiger partial charge in [-0.25, -0.2) is 0 Å². The fourth-order valence-electron chi connectivity index (χ4n) is 2.75. The second-order valence-electron chi connectivity index (χ2n) is 4.84. The molecule has 0 bridgehead atoms. The highest BCUT2D eigenvalue weighted by Gasteiger charge is 2.28. The van der Waals surface area contributed by atoms with Crippen molar-refractivity contribution in [3.05, 3.63) is 35.6 Å². The van der Waals surface area contributed by atoms with Crippen LogP contribution in [-0.2, 0) is 0 Å². The lowest BCUT2D eigenvalue weighted by molar-refractivity contribution is 0.466. The van der Waals surface area contributed by atoms with E-state index in [0.29, 0.717) is 5.92 Å². The van der Waals surface area contributed by atoms with Crippen LogP contribution >= 0.6 is 0 Å². The molecule has 0 spiro atoms. The van der Waals surface area contributed by atoms with Crippen molar-refractivity contribution in [3.63, 3.8) is 0 Å². The molecule has 0 amide bonds.